The molecule has 1 aromatic heterocycles. The van der Waals surface area contributed by atoms with Gasteiger partial charge < -0.3 is 0 Å². The van der Waals surface area contributed by atoms with Gasteiger partial charge >= 0.3 is 0 Å². The van der Waals surface area contributed by atoms with Gasteiger partial charge in [0.25, 0.3) is 0 Å². The lowest BCUT2D eigenvalue weighted by Crippen LogP contribution is -1.87. The smallest absolute Gasteiger partial charge is 0.0902 e. The number of hydrogen-bond acceptors (Lipinski definition) is 1. The molecule has 0 radical (unpaired) electrons. The standard InChI is InChI=1S/C11H9BrClN/c1-6-3-8-9(12)5-7(2)14-11(8)10(13)4-6/h3-5H,1-2H3. The molecule has 0 saturated carbocycles. The summed E-state index contributed by atoms with van der Waals surface area (Å²) >= 11 is 9.64. The van der Waals surface area contributed by atoms with Crippen molar-refractivity contribution >= 4 is 38.4 Å². The highest BCUT2D eigenvalue weighted by Crippen LogP contribution is 2.29. The summed E-state index contributed by atoms with van der Waals surface area (Å²) in [4.78, 5) is 4.42. The SMILES string of the molecule is Cc1cc(Cl)c2nc(C)cc(Br)c2c1. The van der Waals surface area contributed by atoms with Crippen molar-refractivity contribution < 1.29 is 0 Å². The van der Waals surface area contributed by atoms with Gasteiger partial charge in [0, 0.05) is 15.6 Å². The van der Waals surface area contributed by atoms with Gasteiger partial charge in [-0.1, -0.05) is 27.5 Å². The minimum Gasteiger partial charge on any atom is -0.251 e. The molecular weight excluding hydrogens is 261 g/mol. The van der Waals surface area contributed by atoms with Gasteiger partial charge in [-0.3, -0.25) is 4.98 Å². The second-order valence-corrected chi connectivity index (χ2v) is 4.65. The van der Waals surface area contributed by atoms with Crippen LogP contribution in [0.5, 0.6) is 0 Å². The van der Waals surface area contributed by atoms with Crippen molar-refractivity contribution in [2.75, 3.05) is 0 Å². The quantitative estimate of drug-likeness (QED) is 0.697. The van der Waals surface area contributed by atoms with Gasteiger partial charge in [0.15, 0.2) is 0 Å². The average Bonchev–Trinajstić information content (AvgIpc) is 2.07. The number of aromatic nitrogens is 1. The zero-order valence-corrected chi connectivity index (χ0v) is 10.3. The molecule has 72 valence electrons. The third-order valence-electron chi connectivity index (χ3n) is 2.09. The molecule has 0 atom stereocenters. The molecule has 0 aliphatic rings. The maximum atomic E-state index is 6.12. The molecule has 0 spiro atoms. The summed E-state index contributed by atoms with van der Waals surface area (Å²) in [5.74, 6) is 0. The van der Waals surface area contributed by atoms with E-state index < -0.39 is 0 Å². The number of nitrogens with zero attached hydrogens (tertiary/aromatic N) is 1. The zero-order valence-electron chi connectivity index (χ0n) is 7.94. The molecule has 1 heterocycles. The molecule has 14 heavy (non-hydrogen) atoms. The topological polar surface area (TPSA) is 12.9 Å². The highest BCUT2D eigenvalue weighted by molar-refractivity contribution is 9.10. The van der Waals surface area contributed by atoms with Gasteiger partial charge in [0.1, 0.15) is 0 Å². The summed E-state index contributed by atoms with van der Waals surface area (Å²) in [6.07, 6.45) is 0. The number of fused-ring (bicyclic) bond motifs is 1. The van der Waals surface area contributed by atoms with E-state index in [9.17, 15) is 0 Å². The number of hydrogen-bond donors (Lipinski definition) is 0. The van der Waals surface area contributed by atoms with Crippen LogP contribution in [-0.2, 0) is 0 Å². The van der Waals surface area contributed by atoms with Crippen LogP contribution < -0.4 is 0 Å². The number of benzene rings is 1. The molecule has 0 bridgehead atoms. The van der Waals surface area contributed by atoms with Crippen molar-refractivity contribution in [3.63, 3.8) is 0 Å². The number of rotatable bonds is 0. The van der Waals surface area contributed by atoms with Crippen molar-refractivity contribution in [3.8, 4) is 0 Å². The lowest BCUT2D eigenvalue weighted by atomic mass is 10.1. The minimum absolute atomic E-state index is 0.712. The Hall–Kier alpha value is -0.600. The van der Waals surface area contributed by atoms with Gasteiger partial charge in [-0.05, 0) is 37.6 Å². The molecule has 2 aromatic rings. The fraction of sp³-hybridized carbons (Fsp3) is 0.182. The van der Waals surface area contributed by atoms with E-state index in [1.807, 2.05) is 26.0 Å². The maximum absolute atomic E-state index is 6.12. The molecule has 1 nitrogen and oxygen atoms in total. The molecule has 0 aliphatic heterocycles. The lowest BCUT2D eigenvalue weighted by molar-refractivity contribution is 1.24. The fourth-order valence-electron chi connectivity index (χ4n) is 1.50. The normalized spacial score (nSPS) is 10.9. The van der Waals surface area contributed by atoms with Crippen LogP contribution in [0, 0.1) is 13.8 Å². The Balaban J connectivity index is 2.94. The summed E-state index contributed by atoms with van der Waals surface area (Å²) < 4.78 is 1.05. The summed E-state index contributed by atoms with van der Waals surface area (Å²) in [5, 5.41) is 1.78. The van der Waals surface area contributed by atoms with E-state index in [2.05, 4.69) is 27.0 Å². The first-order valence-corrected chi connectivity index (χ1v) is 5.48. The van der Waals surface area contributed by atoms with Crippen molar-refractivity contribution in [1.29, 1.82) is 0 Å². The van der Waals surface area contributed by atoms with Gasteiger partial charge in [0.2, 0.25) is 0 Å². The Labute approximate surface area is 96.2 Å². The highest BCUT2D eigenvalue weighted by Gasteiger charge is 2.05. The summed E-state index contributed by atoms with van der Waals surface area (Å²) in [7, 11) is 0. The van der Waals surface area contributed by atoms with E-state index in [-0.39, 0.29) is 0 Å². The Morgan fingerprint density at radius 1 is 1.21 bits per heavy atom. The summed E-state index contributed by atoms with van der Waals surface area (Å²) in [6, 6.07) is 6.01. The largest absolute Gasteiger partial charge is 0.251 e. The van der Waals surface area contributed by atoms with Crippen LogP contribution in [0.25, 0.3) is 10.9 Å². The number of halogens is 2. The predicted molar refractivity (Wildman–Crippen MR) is 63.9 cm³/mol. The predicted octanol–water partition coefficient (Wildman–Crippen LogP) is 4.27. The summed E-state index contributed by atoms with van der Waals surface area (Å²) in [6.45, 7) is 3.98. The molecule has 0 N–H and O–H groups in total. The fourth-order valence-corrected chi connectivity index (χ4v) is 2.45. The van der Waals surface area contributed by atoms with Crippen LogP contribution >= 0.6 is 27.5 Å². The first-order valence-electron chi connectivity index (χ1n) is 4.31. The Kier molecular flexibility index (Phi) is 2.50. The second kappa shape index (κ2) is 3.52. The van der Waals surface area contributed by atoms with E-state index in [0.29, 0.717) is 5.02 Å². The minimum atomic E-state index is 0.712. The number of pyridine rings is 1. The van der Waals surface area contributed by atoms with E-state index in [1.165, 1.54) is 0 Å². The monoisotopic (exact) mass is 269 g/mol. The Bertz CT molecular complexity index is 461. The van der Waals surface area contributed by atoms with E-state index in [4.69, 9.17) is 11.6 Å². The zero-order chi connectivity index (χ0) is 10.3. The maximum Gasteiger partial charge on any atom is 0.0902 e. The molecule has 0 aliphatic carbocycles. The van der Waals surface area contributed by atoms with Gasteiger partial charge in [-0.25, -0.2) is 0 Å². The van der Waals surface area contributed by atoms with Crippen molar-refractivity contribution in [2.45, 2.75) is 13.8 Å². The first-order chi connectivity index (χ1) is 6.58. The second-order valence-electron chi connectivity index (χ2n) is 3.39. The van der Waals surface area contributed by atoms with Gasteiger partial charge in [-0.2, -0.15) is 0 Å². The summed E-state index contributed by atoms with van der Waals surface area (Å²) in [5.41, 5.74) is 2.98. The molecule has 1 aromatic carbocycles. The first kappa shape index (κ1) is 9.94. The van der Waals surface area contributed by atoms with Crippen molar-refractivity contribution in [2.24, 2.45) is 0 Å². The molecule has 3 heteroatoms. The molecule has 2 rings (SSSR count). The van der Waals surface area contributed by atoms with Crippen LogP contribution in [0.15, 0.2) is 22.7 Å². The van der Waals surface area contributed by atoms with Crippen LogP contribution in [-0.4, -0.2) is 4.98 Å². The number of aryl methyl sites for hydroxylation is 2. The third-order valence-corrected chi connectivity index (χ3v) is 3.03. The molecule has 0 amide bonds. The van der Waals surface area contributed by atoms with Crippen molar-refractivity contribution in [1.82, 2.24) is 4.98 Å². The van der Waals surface area contributed by atoms with Crippen LogP contribution in [0.4, 0.5) is 0 Å². The van der Waals surface area contributed by atoms with Gasteiger partial charge in [0.05, 0.1) is 10.5 Å². The van der Waals surface area contributed by atoms with Crippen LogP contribution in [0.2, 0.25) is 5.02 Å². The van der Waals surface area contributed by atoms with E-state index in [0.717, 1.165) is 26.6 Å². The Morgan fingerprint density at radius 2 is 1.93 bits per heavy atom. The molecular formula is C11H9BrClN. The third kappa shape index (κ3) is 1.64. The highest BCUT2D eigenvalue weighted by atomic mass is 79.9. The van der Waals surface area contributed by atoms with E-state index >= 15 is 0 Å². The van der Waals surface area contributed by atoms with Gasteiger partial charge in [-0.15, -0.1) is 0 Å². The average molecular weight is 271 g/mol. The van der Waals surface area contributed by atoms with Crippen LogP contribution in [0.3, 0.4) is 0 Å². The van der Waals surface area contributed by atoms with E-state index in [1.54, 1.807) is 0 Å². The van der Waals surface area contributed by atoms with Crippen LogP contribution in [0.1, 0.15) is 11.3 Å². The lowest BCUT2D eigenvalue weighted by Gasteiger charge is -2.05. The molecule has 0 saturated heterocycles. The Morgan fingerprint density at radius 3 is 2.64 bits per heavy atom. The molecule has 0 unspecified atom stereocenters. The molecule has 0 fully saturated rings. The van der Waals surface area contributed by atoms with Crippen molar-refractivity contribution in [3.05, 3.63) is 39.0 Å².